The Kier molecular flexibility index (Phi) is 8.67. The van der Waals surface area contributed by atoms with E-state index in [2.05, 4.69) is 16.8 Å². The van der Waals surface area contributed by atoms with Crippen LogP contribution in [0.3, 0.4) is 0 Å². The van der Waals surface area contributed by atoms with Gasteiger partial charge in [0.2, 0.25) is 11.8 Å². The molecule has 0 spiro atoms. The number of aliphatic hydroxyl groups is 1. The van der Waals surface area contributed by atoms with Crippen LogP contribution in [0.15, 0.2) is 42.6 Å². The molecule has 7 heteroatoms. The molecular formula is C27H33N3O4. The lowest BCUT2D eigenvalue weighted by atomic mass is 9.99. The Bertz CT molecular complexity index is 1060. The van der Waals surface area contributed by atoms with Gasteiger partial charge in [0, 0.05) is 44.1 Å². The highest BCUT2D eigenvalue weighted by molar-refractivity contribution is 5.97. The molecule has 1 aromatic heterocycles. The number of fused-ring (bicyclic) bond motifs is 1. The number of pyridine rings is 1. The van der Waals surface area contributed by atoms with Crippen molar-refractivity contribution in [2.45, 2.75) is 45.8 Å². The van der Waals surface area contributed by atoms with Crippen molar-refractivity contribution in [3.05, 3.63) is 59.3 Å². The van der Waals surface area contributed by atoms with E-state index < -0.39 is 0 Å². The molecular weight excluding hydrogens is 430 g/mol. The van der Waals surface area contributed by atoms with E-state index in [1.54, 1.807) is 29.1 Å². The van der Waals surface area contributed by atoms with Gasteiger partial charge in [0.15, 0.2) is 0 Å². The lowest BCUT2D eigenvalue weighted by molar-refractivity contribution is -0.131. The predicted octanol–water partition coefficient (Wildman–Crippen LogP) is 2.76. The van der Waals surface area contributed by atoms with E-state index in [0.717, 1.165) is 5.56 Å². The van der Waals surface area contributed by atoms with E-state index in [1.807, 2.05) is 51.1 Å². The van der Waals surface area contributed by atoms with Crippen molar-refractivity contribution in [1.29, 1.82) is 0 Å². The van der Waals surface area contributed by atoms with E-state index in [1.165, 1.54) is 0 Å². The fraction of sp³-hybridized carbons (Fsp3) is 0.444. The summed E-state index contributed by atoms with van der Waals surface area (Å²) in [5.41, 5.74) is 2.04. The molecule has 7 nitrogen and oxygen atoms in total. The molecule has 0 radical (unpaired) electrons. The first-order chi connectivity index (χ1) is 16.3. The van der Waals surface area contributed by atoms with E-state index >= 15 is 0 Å². The van der Waals surface area contributed by atoms with Crippen LogP contribution in [-0.2, 0) is 11.2 Å². The summed E-state index contributed by atoms with van der Waals surface area (Å²) in [5, 5.41) is 9.78. The normalized spacial score (nSPS) is 18.5. The molecule has 0 saturated carbocycles. The number of carbonyl (C=O) groups is 2. The Morgan fingerprint density at radius 3 is 2.76 bits per heavy atom. The van der Waals surface area contributed by atoms with Crippen molar-refractivity contribution in [2.75, 3.05) is 26.7 Å². The van der Waals surface area contributed by atoms with Crippen LogP contribution < -0.4 is 4.74 Å². The molecule has 1 aliphatic heterocycles. The molecule has 0 aliphatic carbocycles. The molecule has 3 atom stereocenters. The van der Waals surface area contributed by atoms with Crippen molar-refractivity contribution >= 4 is 11.8 Å². The average Bonchev–Trinajstić information content (AvgIpc) is 2.85. The van der Waals surface area contributed by atoms with Crippen LogP contribution in [0.1, 0.15) is 48.7 Å². The maximum absolute atomic E-state index is 13.4. The van der Waals surface area contributed by atoms with E-state index in [0.29, 0.717) is 37.1 Å². The number of rotatable bonds is 6. The van der Waals surface area contributed by atoms with Crippen LogP contribution in [-0.4, -0.2) is 70.6 Å². The van der Waals surface area contributed by atoms with Gasteiger partial charge in [-0.25, -0.2) is 4.98 Å². The number of aromatic nitrogens is 1. The quantitative estimate of drug-likeness (QED) is 0.666. The minimum Gasteiger partial charge on any atom is -0.472 e. The van der Waals surface area contributed by atoms with E-state index in [9.17, 15) is 14.7 Å². The van der Waals surface area contributed by atoms with Gasteiger partial charge in [0.05, 0.1) is 19.2 Å². The second kappa shape index (κ2) is 11.7. The van der Waals surface area contributed by atoms with Crippen LogP contribution in [0.2, 0.25) is 0 Å². The van der Waals surface area contributed by atoms with E-state index in [4.69, 9.17) is 4.74 Å². The highest BCUT2D eigenvalue weighted by Gasteiger charge is 2.34. The summed E-state index contributed by atoms with van der Waals surface area (Å²) in [6.07, 6.45) is 2.24. The molecule has 34 heavy (non-hydrogen) atoms. The summed E-state index contributed by atoms with van der Waals surface area (Å²) in [6.45, 7) is 6.23. The highest BCUT2D eigenvalue weighted by atomic mass is 16.5. The summed E-state index contributed by atoms with van der Waals surface area (Å²) in [6, 6.07) is 11.3. The number of hydrogen-bond donors (Lipinski definition) is 1. The number of ether oxygens (including phenoxy) is 1. The summed E-state index contributed by atoms with van der Waals surface area (Å²) >= 11 is 0. The van der Waals surface area contributed by atoms with Crippen LogP contribution in [0.4, 0.5) is 0 Å². The van der Waals surface area contributed by atoms with Gasteiger partial charge in [0.25, 0.3) is 5.91 Å². The molecule has 3 rings (SSSR count). The van der Waals surface area contributed by atoms with Crippen molar-refractivity contribution in [3.63, 3.8) is 0 Å². The van der Waals surface area contributed by atoms with Crippen molar-refractivity contribution in [3.8, 4) is 17.7 Å². The number of amides is 2. The Labute approximate surface area is 201 Å². The summed E-state index contributed by atoms with van der Waals surface area (Å²) in [7, 11) is 1.75. The van der Waals surface area contributed by atoms with Crippen LogP contribution in [0, 0.1) is 17.8 Å². The predicted molar refractivity (Wildman–Crippen MR) is 130 cm³/mol. The van der Waals surface area contributed by atoms with E-state index in [-0.39, 0.29) is 42.4 Å². The van der Waals surface area contributed by atoms with Gasteiger partial charge in [-0.1, -0.05) is 56.0 Å². The van der Waals surface area contributed by atoms with Gasteiger partial charge in [-0.3, -0.25) is 9.59 Å². The number of carbonyl (C=O) groups excluding carboxylic acids is 2. The number of hydrogen-bond acceptors (Lipinski definition) is 5. The van der Waals surface area contributed by atoms with Crippen molar-refractivity contribution in [2.24, 2.45) is 5.92 Å². The standard InChI is InChI=1S/C27H33N3O4/c1-5-25(32)29(4)17-24-19(2)16-30(20(3)18-31)27(33)23-14-22(15-28-26(23)34-24)13-9-12-21-10-7-6-8-11-21/h6-8,10-11,14-15,19-20,24,31H,5,12,16-18H2,1-4H3/t19-,20+,24+/m1/s1. The van der Waals surface area contributed by atoms with Crippen LogP contribution >= 0.6 is 0 Å². The molecule has 1 N–H and O–H groups in total. The zero-order valence-electron chi connectivity index (χ0n) is 20.3. The molecule has 180 valence electrons. The molecule has 1 aliphatic rings. The summed E-state index contributed by atoms with van der Waals surface area (Å²) < 4.78 is 6.21. The van der Waals surface area contributed by atoms with Gasteiger partial charge in [-0.2, -0.15) is 0 Å². The third-order valence-corrected chi connectivity index (χ3v) is 6.07. The summed E-state index contributed by atoms with van der Waals surface area (Å²) in [5.74, 6) is 6.14. The largest absolute Gasteiger partial charge is 0.472 e. The molecule has 0 fully saturated rings. The fourth-order valence-electron chi connectivity index (χ4n) is 3.87. The molecule has 0 unspecified atom stereocenters. The number of likely N-dealkylation sites (N-methyl/N-ethyl adjacent to an activating group) is 1. The first-order valence-corrected chi connectivity index (χ1v) is 11.7. The van der Waals surface area contributed by atoms with Gasteiger partial charge in [0.1, 0.15) is 11.7 Å². The van der Waals surface area contributed by atoms with Gasteiger partial charge < -0.3 is 19.6 Å². The number of benzene rings is 1. The smallest absolute Gasteiger partial charge is 0.259 e. The monoisotopic (exact) mass is 463 g/mol. The third-order valence-electron chi connectivity index (χ3n) is 6.07. The lowest BCUT2D eigenvalue weighted by Crippen LogP contribution is -2.50. The molecule has 2 aromatic rings. The Morgan fingerprint density at radius 2 is 2.09 bits per heavy atom. The minimum atomic E-state index is -0.371. The third kappa shape index (κ3) is 6.15. The molecule has 2 amide bonds. The number of nitrogens with zero attached hydrogens (tertiary/aromatic N) is 3. The van der Waals surface area contributed by atoms with Crippen LogP contribution in [0.25, 0.3) is 0 Å². The SMILES string of the molecule is CCC(=O)N(C)C[C@@H]1Oc2ncc(C#CCc3ccccc3)cc2C(=O)N([C@@H](C)CO)C[C@H]1C. The highest BCUT2D eigenvalue weighted by Crippen LogP contribution is 2.27. The lowest BCUT2D eigenvalue weighted by Gasteiger charge is -2.37. The summed E-state index contributed by atoms with van der Waals surface area (Å²) in [4.78, 5) is 33.3. The Balaban J connectivity index is 1.93. The molecule has 0 bridgehead atoms. The van der Waals surface area contributed by atoms with Gasteiger partial charge in [-0.15, -0.1) is 0 Å². The maximum Gasteiger partial charge on any atom is 0.259 e. The fourth-order valence-corrected chi connectivity index (χ4v) is 3.87. The average molecular weight is 464 g/mol. The van der Waals surface area contributed by atoms with Gasteiger partial charge >= 0.3 is 0 Å². The topological polar surface area (TPSA) is 83.0 Å². The minimum absolute atomic E-state index is 0.0201. The van der Waals surface area contributed by atoms with Crippen molar-refractivity contribution in [1.82, 2.24) is 14.8 Å². The zero-order chi connectivity index (χ0) is 24.7. The van der Waals surface area contributed by atoms with Crippen LogP contribution in [0.5, 0.6) is 5.88 Å². The molecule has 0 saturated heterocycles. The number of aliphatic hydroxyl groups excluding tert-OH is 1. The maximum atomic E-state index is 13.4. The Hall–Kier alpha value is -3.37. The first kappa shape index (κ1) is 25.3. The molecule has 1 aromatic carbocycles. The molecule has 2 heterocycles. The Morgan fingerprint density at radius 1 is 1.35 bits per heavy atom. The second-order valence-corrected chi connectivity index (χ2v) is 8.79. The van der Waals surface area contributed by atoms with Crippen molar-refractivity contribution < 1.29 is 19.4 Å². The second-order valence-electron chi connectivity index (χ2n) is 8.79. The zero-order valence-corrected chi connectivity index (χ0v) is 20.3. The first-order valence-electron chi connectivity index (χ1n) is 11.7. The van der Waals surface area contributed by atoms with Gasteiger partial charge in [-0.05, 0) is 18.6 Å².